The van der Waals surface area contributed by atoms with Crippen molar-refractivity contribution in [3.8, 4) is 5.69 Å². The van der Waals surface area contributed by atoms with E-state index in [2.05, 4.69) is 10.4 Å². The second kappa shape index (κ2) is 7.86. The first-order valence-electron chi connectivity index (χ1n) is 8.14. The first kappa shape index (κ1) is 19.0. The van der Waals surface area contributed by atoms with Crippen LogP contribution in [0.15, 0.2) is 29.2 Å². The number of benzene rings is 1. The molecule has 1 N–H and O–H groups in total. The molecule has 1 aliphatic rings. The molecule has 26 heavy (non-hydrogen) atoms. The van der Waals surface area contributed by atoms with Gasteiger partial charge in [-0.2, -0.15) is 9.78 Å². The Morgan fingerprint density at radius 2 is 2.00 bits per heavy atom. The maximum absolute atomic E-state index is 12.2. The molecule has 1 saturated heterocycles. The summed E-state index contributed by atoms with van der Waals surface area (Å²) in [5, 5.41) is 7.71. The van der Waals surface area contributed by atoms with Crippen LogP contribution >= 0.6 is 34.8 Å². The zero-order chi connectivity index (χ0) is 18.8. The number of nitrogens with zero attached hydrogens (tertiary/aromatic N) is 3. The van der Waals surface area contributed by atoms with Gasteiger partial charge < -0.3 is 10.2 Å². The third kappa shape index (κ3) is 3.98. The minimum absolute atomic E-state index is 0.0335. The summed E-state index contributed by atoms with van der Waals surface area (Å²) >= 11 is 18.0. The minimum Gasteiger partial charge on any atom is -0.380 e. The van der Waals surface area contributed by atoms with Crippen LogP contribution in [0.4, 0.5) is 5.69 Å². The lowest BCUT2D eigenvalue weighted by Gasteiger charge is -2.23. The zero-order valence-electron chi connectivity index (χ0n) is 14.0. The van der Waals surface area contributed by atoms with Crippen molar-refractivity contribution in [3.63, 3.8) is 0 Å². The second-order valence-electron chi connectivity index (χ2n) is 6.18. The Labute approximate surface area is 165 Å². The summed E-state index contributed by atoms with van der Waals surface area (Å²) in [6.45, 7) is 3.40. The molecule has 0 bridgehead atoms. The number of aromatic nitrogens is 2. The van der Waals surface area contributed by atoms with Gasteiger partial charge in [0.25, 0.3) is 5.56 Å². The Morgan fingerprint density at radius 1 is 1.23 bits per heavy atom. The number of carbonyl (C=O) groups is 1. The monoisotopic (exact) mass is 414 g/mol. The van der Waals surface area contributed by atoms with Gasteiger partial charge in [0, 0.05) is 25.6 Å². The van der Waals surface area contributed by atoms with Crippen LogP contribution in [0.25, 0.3) is 5.69 Å². The number of halogens is 3. The van der Waals surface area contributed by atoms with Crippen LogP contribution in [0.5, 0.6) is 0 Å². The van der Waals surface area contributed by atoms with E-state index in [1.165, 1.54) is 6.20 Å². The first-order chi connectivity index (χ1) is 12.4. The fourth-order valence-corrected chi connectivity index (χ4v) is 3.37. The maximum atomic E-state index is 12.2. The van der Waals surface area contributed by atoms with E-state index in [4.69, 9.17) is 34.8 Å². The van der Waals surface area contributed by atoms with Gasteiger partial charge in [-0.05, 0) is 31.5 Å². The predicted octanol–water partition coefficient (Wildman–Crippen LogP) is 3.62. The van der Waals surface area contributed by atoms with Crippen molar-refractivity contribution in [1.82, 2.24) is 14.7 Å². The number of hydrogen-bond acceptors (Lipinski definition) is 4. The lowest BCUT2D eigenvalue weighted by Crippen LogP contribution is -2.35. The van der Waals surface area contributed by atoms with Crippen LogP contribution in [0.1, 0.15) is 19.8 Å². The maximum Gasteiger partial charge on any atom is 0.291 e. The zero-order valence-corrected chi connectivity index (χ0v) is 16.3. The standard InChI is InChI=1S/C17H17Cl3N4O2/c1-10(9-23-6-2-3-15(23)25)22-14-5-4-11(7-12(14)18)24-17(26)16(20)13(19)8-21-24/h4-5,7-8,10,22H,2-3,6,9H2,1H3. The van der Waals surface area contributed by atoms with Gasteiger partial charge in [0.05, 0.1) is 27.6 Å². The van der Waals surface area contributed by atoms with Crippen LogP contribution in [-0.4, -0.2) is 39.7 Å². The smallest absolute Gasteiger partial charge is 0.291 e. The summed E-state index contributed by atoms with van der Waals surface area (Å²) in [4.78, 5) is 25.7. The van der Waals surface area contributed by atoms with Crippen LogP contribution in [-0.2, 0) is 4.79 Å². The number of likely N-dealkylation sites (tertiary alicyclic amines) is 1. The molecule has 1 aliphatic heterocycles. The lowest BCUT2D eigenvalue weighted by atomic mass is 10.2. The molecule has 1 amide bonds. The van der Waals surface area contributed by atoms with E-state index in [0.717, 1.165) is 17.6 Å². The van der Waals surface area contributed by atoms with E-state index >= 15 is 0 Å². The summed E-state index contributed by atoms with van der Waals surface area (Å²) in [6, 6.07) is 5.12. The van der Waals surface area contributed by atoms with Gasteiger partial charge >= 0.3 is 0 Å². The molecule has 1 atom stereocenters. The average Bonchev–Trinajstić information content (AvgIpc) is 2.99. The van der Waals surface area contributed by atoms with Crippen LogP contribution < -0.4 is 10.9 Å². The summed E-state index contributed by atoms with van der Waals surface area (Å²) in [5.41, 5.74) is 0.672. The highest BCUT2D eigenvalue weighted by Crippen LogP contribution is 2.26. The highest BCUT2D eigenvalue weighted by molar-refractivity contribution is 6.41. The number of amides is 1. The molecule has 0 spiro atoms. The van der Waals surface area contributed by atoms with Crippen LogP contribution in [0.2, 0.25) is 15.1 Å². The molecular weight excluding hydrogens is 399 g/mol. The Balaban J connectivity index is 1.76. The van der Waals surface area contributed by atoms with Crippen molar-refractivity contribution in [1.29, 1.82) is 0 Å². The summed E-state index contributed by atoms with van der Waals surface area (Å²) in [7, 11) is 0. The van der Waals surface area contributed by atoms with Crippen molar-refractivity contribution in [2.45, 2.75) is 25.8 Å². The van der Waals surface area contributed by atoms with Gasteiger partial charge in [-0.15, -0.1) is 0 Å². The molecular formula is C17H17Cl3N4O2. The third-order valence-electron chi connectivity index (χ3n) is 4.14. The number of rotatable bonds is 5. The fourth-order valence-electron chi connectivity index (χ4n) is 2.89. The molecule has 1 aromatic carbocycles. The van der Waals surface area contributed by atoms with Gasteiger partial charge in [-0.25, -0.2) is 0 Å². The average molecular weight is 416 g/mol. The number of carbonyl (C=O) groups excluding carboxylic acids is 1. The normalized spacial score (nSPS) is 15.4. The van der Waals surface area contributed by atoms with Gasteiger partial charge in [0.2, 0.25) is 5.91 Å². The molecule has 9 heteroatoms. The SMILES string of the molecule is CC(CN1CCCC1=O)Nc1ccc(-n2ncc(Cl)c(Cl)c2=O)cc1Cl. The Hall–Kier alpha value is -1.76. The predicted molar refractivity (Wildman–Crippen MR) is 104 cm³/mol. The quantitative estimate of drug-likeness (QED) is 0.810. The number of hydrogen-bond donors (Lipinski definition) is 1. The second-order valence-corrected chi connectivity index (χ2v) is 7.37. The largest absolute Gasteiger partial charge is 0.380 e. The fraction of sp³-hybridized carbons (Fsp3) is 0.353. The van der Waals surface area contributed by atoms with Gasteiger partial charge in [-0.1, -0.05) is 34.8 Å². The molecule has 0 saturated carbocycles. The molecule has 1 fully saturated rings. The molecule has 6 nitrogen and oxygen atoms in total. The van der Waals surface area contributed by atoms with Gasteiger partial charge in [0.1, 0.15) is 5.02 Å². The number of anilines is 1. The van der Waals surface area contributed by atoms with Crippen LogP contribution in [0.3, 0.4) is 0 Å². The Morgan fingerprint density at radius 3 is 2.65 bits per heavy atom. The molecule has 2 heterocycles. The molecule has 138 valence electrons. The Bertz CT molecular complexity index is 900. The van der Waals surface area contributed by atoms with E-state index < -0.39 is 5.56 Å². The van der Waals surface area contributed by atoms with Crippen molar-refractivity contribution < 1.29 is 4.79 Å². The van der Waals surface area contributed by atoms with Crippen molar-refractivity contribution in [2.24, 2.45) is 0 Å². The highest BCUT2D eigenvalue weighted by Gasteiger charge is 2.22. The minimum atomic E-state index is -0.517. The highest BCUT2D eigenvalue weighted by atomic mass is 35.5. The van der Waals surface area contributed by atoms with Crippen molar-refractivity contribution in [3.05, 3.63) is 49.8 Å². The van der Waals surface area contributed by atoms with Gasteiger partial charge in [-0.3, -0.25) is 9.59 Å². The number of nitrogens with one attached hydrogen (secondary N) is 1. The molecule has 3 rings (SSSR count). The van der Waals surface area contributed by atoms with Crippen molar-refractivity contribution in [2.75, 3.05) is 18.4 Å². The third-order valence-corrected chi connectivity index (χ3v) is 5.20. The molecule has 1 aromatic heterocycles. The summed E-state index contributed by atoms with van der Waals surface area (Å²) in [5.74, 6) is 0.185. The molecule has 0 radical (unpaired) electrons. The first-order valence-corrected chi connectivity index (χ1v) is 9.28. The summed E-state index contributed by atoms with van der Waals surface area (Å²) < 4.78 is 1.14. The lowest BCUT2D eigenvalue weighted by molar-refractivity contribution is -0.127. The van der Waals surface area contributed by atoms with E-state index in [1.54, 1.807) is 18.2 Å². The molecule has 2 aromatic rings. The topological polar surface area (TPSA) is 67.2 Å². The van der Waals surface area contributed by atoms with Crippen LogP contribution in [0, 0.1) is 0 Å². The van der Waals surface area contributed by atoms with E-state index in [9.17, 15) is 9.59 Å². The summed E-state index contributed by atoms with van der Waals surface area (Å²) in [6.07, 6.45) is 2.83. The van der Waals surface area contributed by atoms with Gasteiger partial charge in [0.15, 0.2) is 0 Å². The van der Waals surface area contributed by atoms with E-state index in [-0.39, 0.29) is 22.0 Å². The van der Waals surface area contributed by atoms with Crippen molar-refractivity contribution >= 4 is 46.4 Å². The Kier molecular flexibility index (Phi) is 5.75. The molecule has 1 unspecified atom stereocenters. The molecule has 0 aliphatic carbocycles. The van der Waals surface area contributed by atoms with E-state index in [0.29, 0.717) is 29.4 Å². The van der Waals surface area contributed by atoms with E-state index in [1.807, 2.05) is 11.8 Å².